The molecule has 6 nitrogen and oxygen atoms in total. The van der Waals surface area contributed by atoms with Crippen LogP contribution in [-0.2, 0) is 18.9 Å². The molecule has 0 radical (unpaired) electrons. The monoisotopic (exact) mass is 306 g/mol. The molecule has 2 fully saturated rings. The predicted molar refractivity (Wildman–Crippen MR) is 75.6 cm³/mol. The van der Waals surface area contributed by atoms with Crippen LogP contribution in [0.15, 0.2) is 24.3 Å². The Labute approximate surface area is 128 Å². The Kier molecular flexibility index (Phi) is 4.70. The fraction of sp³-hybridized carbons (Fsp3) is 0.500. The number of rotatable bonds is 6. The number of benzene rings is 1. The van der Waals surface area contributed by atoms with E-state index in [4.69, 9.17) is 18.9 Å². The molecule has 2 aliphatic rings. The fourth-order valence-electron chi connectivity index (χ4n) is 2.09. The van der Waals surface area contributed by atoms with Gasteiger partial charge in [0.15, 0.2) is 0 Å². The molecule has 2 saturated heterocycles. The van der Waals surface area contributed by atoms with Gasteiger partial charge in [-0.2, -0.15) is 0 Å². The minimum absolute atomic E-state index is 0.279. The van der Waals surface area contributed by atoms with Gasteiger partial charge in [0.1, 0.15) is 0 Å². The Balaban J connectivity index is 1.53. The van der Waals surface area contributed by atoms with Crippen molar-refractivity contribution in [1.29, 1.82) is 0 Å². The van der Waals surface area contributed by atoms with Gasteiger partial charge in [-0.1, -0.05) is 6.07 Å². The molecule has 0 atom stereocenters. The minimum Gasteiger partial charge on any atom is -0.462 e. The van der Waals surface area contributed by atoms with Crippen LogP contribution in [-0.4, -0.2) is 51.6 Å². The van der Waals surface area contributed by atoms with Crippen LogP contribution >= 0.6 is 0 Å². The molecule has 0 aliphatic carbocycles. The van der Waals surface area contributed by atoms with Crippen LogP contribution in [0.3, 0.4) is 0 Å². The van der Waals surface area contributed by atoms with Crippen LogP contribution in [0.2, 0.25) is 0 Å². The summed E-state index contributed by atoms with van der Waals surface area (Å²) >= 11 is 0. The summed E-state index contributed by atoms with van der Waals surface area (Å²) in [5, 5.41) is 0. The zero-order valence-electron chi connectivity index (χ0n) is 12.2. The normalized spacial score (nSPS) is 18.2. The largest absolute Gasteiger partial charge is 0.462 e. The molecule has 0 spiro atoms. The second kappa shape index (κ2) is 6.89. The molecule has 3 rings (SSSR count). The lowest BCUT2D eigenvalue weighted by Gasteiger charge is -2.25. The van der Waals surface area contributed by atoms with E-state index >= 15 is 0 Å². The van der Waals surface area contributed by atoms with E-state index in [9.17, 15) is 9.59 Å². The first kappa shape index (κ1) is 15.0. The minimum atomic E-state index is -0.436. The van der Waals surface area contributed by atoms with E-state index in [1.165, 1.54) is 6.07 Å². The summed E-state index contributed by atoms with van der Waals surface area (Å²) in [6.07, 6.45) is 0. The van der Waals surface area contributed by atoms with E-state index < -0.39 is 11.9 Å². The summed E-state index contributed by atoms with van der Waals surface area (Å²) in [5.41, 5.74) is 0.698. The van der Waals surface area contributed by atoms with Crippen molar-refractivity contribution in [1.82, 2.24) is 0 Å². The van der Waals surface area contributed by atoms with Crippen LogP contribution < -0.4 is 0 Å². The Hall–Kier alpha value is -1.92. The third kappa shape index (κ3) is 3.64. The van der Waals surface area contributed by atoms with Gasteiger partial charge in [0, 0.05) is 11.8 Å². The molecule has 0 amide bonds. The lowest BCUT2D eigenvalue weighted by molar-refractivity contribution is -0.0614. The van der Waals surface area contributed by atoms with E-state index in [-0.39, 0.29) is 11.8 Å². The second-order valence-electron chi connectivity index (χ2n) is 5.58. The van der Waals surface area contributed by atoms with Crippen molar-refractivity contribution < 1.29 is 28.5 Å². The van der Waals surface area contributed by atoms with Crippen molar-refractivity contribution in [2.75, 3.05) is 39.6 Å². The Morgan fingerprint density at radius 3 is 1.73 bits per heavy atom. The lowest BCUT2D eigenvalue weighted by Crippen LogP contribution is -2.32. The van der Waals surface area contributed by atoms with Gasteiger partial charge in [0.25, 0.3) is 0 Å². The fourth-order valence-corrected chi connectivity index (χ4v) is 2.09. The molecule has 22 heavy (non-hydrogen) atoms. The van der Waals surface area contributed by atoms with E-state index in [1.54, 1.807) is 18.2 Å². The molecule has 1 aromatic carbocycles. The van der Waals surface area contributed by atoms with Crippen molar-refractivity contribution in [3.8, 4) is 0 Å². The first-order valence-corrected chi connectivity index (χ1v) is 7.32. The maximum absolute atomic E-state index is 12.0. The first-order valence-electron chi connectivity index (χ1n) is 7.32. The number of hydrogen-bond acceptors (Lipinski definition) is 6. The summed E-state index contributed by atoms with van der Waals surface area (Å²) in [5.74, 6) is -0.313. The zero-order chi connectivity index (χ0) is 15.4. The molecule has 2 heterocycles. The van der Waals surface area contributed by atoms with Crippen molar-refractivity contribution in [3.63, 3.8) is 0 Å². The van der Waals surface area contributed by atoms with Gasteiger partial charge < -0.3 is 18.9 Å². The Bertz CT molecular complexity index is 502. The topological polar surface area (TPSA) is 71.1 Å². The number of esters is 2. The standard InChI is InChI=1S/C16H18O6/c17-15(21-9-11-5-19-6-11)13-2-1-3-14(4-13)16(18)22-10-12-7-20-8-12/h1-4,11-12H,5-10H2. The molecule has 1 aromatic rings. The lowest BCUT2D eigenvalue weighted by atomic mass is 10.1. The van der Waals surface area contributed by atoms with Crippen LogP contribution in [0, 0.1) is 11.8 Å². The molecule has 0 saturated carbocycles. The summed E-state index contributed by atoms with van der Waals surface area (Å²) in [4.78, 5) is 23.9. The number of ether oxygens (including phenoxy) is 4. The van der Waals surface area contributed by atoms with Crippen molar-refractivity contribution in [3.05, 3.63) is 35.4 Å². The van der Waals surface area contributed by atoms with E-state index in [2.05, 4.69) is 0 Å². The van der Waals surface area contributed by atoms with Gasteiger partial charge in [-0.15, -0.1) is 0 Å². The first-order chi connectivity index (χ1) is 10.7. The molecule has 2 aliphatic heterocycles. The van der Waals surface area contributed by atoms with Crippen LogP contribution in [0.4, 0.5) is 0 Å². The summed E-state index contributed by atoms with van der Waals surface area (Å²) in [6, 6.07) is 6.39. The Morgan fingerprint density at radius 2 is 1.36 bits per heavy atom. The molecule has 0 unspecified atom stereocenters. The highest BCUT2D eigenvalue weighted by molar-refractivity contribution is 5.95. The van der Waals surface area contributed by atoms with Crippen molar-refractivity contribution >= 4 is 11.9 Å². The van der Waals surface area contributed by atoms with E-state index in [0.29, 0.717) is 50.8 Å². The number of carbonyl (C=O) groups is 2. The smallest absolute Gasteiger partial charge is 0.338 e. The summed E-state index contributed by atoms with van der Waals surface area (Å²) in [6.45, 7) is 3.20. The molecule has 0 bridgehead atoms. The van der Waals surface area contributed by atoms with Crippen molar-refractivity contribution in [2.45, 2.75) is 0 Å². The quantitative estimate of drug-likeness (QED) is 0.738. The average molecular weight is 306 g/mol. The molecule has 0 aromatic heterocycles. The van der Waals surface area contributed by atoms with Gasteiger partial charge >= 0.3 is 11.9 Å². The van der Waals surface area contributed by atoms with Gasteiger partial charge in [-0.3, -0.25) is 0 Å². The van der Waals surface area contributed by atoms with E-state index in [1.807, 2.05) is 0 Å². The molecule has 118 valence electrons. The SMILES string of the molecule is O=C(OCC1COC1)c1cccc(C(=O)OCC2COC2)c1. The molecular weight excluding hydrogens is 288 g/mol. The number of hydrogen-bond donors (Lipinski definition) is 0. The van der Waals surface area contributed by atoms with Crippen LogP contribution in [0.25, 0.3) is 0 Å². The van der Waals surface area contributed by atoms with Gasteiger partial charge in [0.05, 0.1) is 50.8 Å². The van der Waals surface area contributed by atoms with Gasteiger partial charge in [-0.05, 0) is 18.2 Å². The Morgan fingerprint density at radius 1 is 0.909 bits per heavy atom. The molecule has 0 N–H and O–H groups in total. The van der Waals surface area contributed by atoms with Crippen LogP contribution in [0.5, 0.6) is 0 Å². The maximum atomic E-state index is 12.0. The highest BCUT2D eigenvalue weighted by atomic mass is 16.6. The summed E-state index contributed by atoms with van der Waals surface area (Å²) in [7, 11) is 0. The highest BCUT2D eigenvalue weighted by Crippen LogP contribution is 2.14. The summed E-state index contributed by atoms with van der Waals surface area (Å²) < 4.78 is 20.5. The van der Waals surface area contributed by atoms with Crippen LogP contribution in [0.1, 0.15) is 20.7 Å². The second-order valence-corrected chi connectivity index (χ2v) is 5.58. The van der Waals surface area contributed by atoms with Gasteiger partial charge in [-0.25, -0.2) is 9.59 Å². The molecule has 6 heteroatoms. The third-order valence-electron chi connectivity index (χ3n) is 3.65. The van der Waals surface area contributed by atoms with Crippen molar-refractivity contribution in [2.24, 2.45) is 11.8 Å². The van der Waals surface area contributed by atoms with Gasteiger partial charge in [0.2, 0.25) is 0 Å². The number of carbonyl (C=O) groups excluding carboxylic acids is 2. The maximum Gasteiger partial charge on any atom is 0.338 e. The third-order valence-corrected chi connectivity index (χ3v) is 3.65. The molecular formula is C16H18O6. The average Bonchev–Trinajstić information content (AvgIpc) is 2.44. The highest BCUT2D eigenvalue weighted by Gasteiger charge is 2.22. The zero-order valence-corrected chi connectivity index (χ0v) is 12.2. The van der Waals surface area contributed by atoms with E-state index in [0.717, 1.165) is 0 Å². The predicted octanol–water partition coefficient (Wildman–Crippen LogP) is 1.29.